The average Bonchev–Trinajstić information content (AvgIpc) is 2.96. The monoisotopic (exact) mass is 384 g/mol. The fourth-order valence-corrected chi connectivity index (χ4v) is 2.62. The highest BCUT2D eigenvalue weighted by Gasteiger charge is 2.38. The van der Waals surface area contributed by atoms with Crippen molar-refractivity contribution >= 4 is 23.7 Å². The summed E-state index contributed by atoms with van der Waals surface area (Å²) in [7, 11) is 2.89. The lowest BCUT2D eigenvalue weighted by Crippen LogP contribution is -2.38. The van der Waals surface area contributed by atoms with Crippen LogP contribution in [0.2, 0.25) is 0 Å². The van der Waals surface area contributed by atoms with E-state index >= 15 is 0 Å². The number of ether oxygens (including phenoxy) is 2. The molecule has 0 fully saturated rings. The molecule has 28 heavy (non-hydrogen) atoms. The molecule has 3 rings (SSSR count). The minimum absolute atomic E-state index is 0.148. The van der Waals surface area contributed by atoms with Crippen LogP contribution in [0.3, 0.4) is 0 Å². The maximum atomic E-state index is 12.2. The number of carbonyl (C=O) groups is 4. The van der Waals surface area contributed by atoms with E-state index in [0.717, 1.165) is 0 Å². The number of imide groups is 1. The van der Waals surface area contributed by atoms with Crippen molar-refractivity contribution in [3.05, 3.63) is 59.2 Å². The Morgan fingerprint density at radius 3 is 2.11 bits per heavy atom. The van der Waals surface area contributed by atoms with Crippen LogP contribution in [0.25, 0.3) is 0 Å². The van der Waals surface area contributed by atoms with E-state index < -0.39 is 30.2 Å². The summed E-state index contributed by atoms with van der Waals surface area (Å²) in [5.74, 6) is -2.21. The van der Waals surface area contributed by atoms with Crippen LogP contribution in [-0.4, -0.2) is 49.5 Å². The molecule has 3 amide bonds. The highest BCUT2D eigenvalue weighted by Crippen LogP contribution is 2.27. The first kappa shape index (κ1) is 18.9. The maximum Gasteiger partial charge on any atom is 0.352 e. The first-order chi connectivity index (χ1) is 13.5. The number of hydroxylamine groups is 2. The van der Waals surface area contributed by atoms with Gasteiger partial charge in [0.2, 0.25) is 0 Å². The fraction of sp³-hybridized carbons (Fsp3) is 0.158. The third-order valence-corrected chi connectivity index (χ3v) is 3.99. The van der Waals surface area contributed by atoms with Crippen molar-refractivity contribution in [1.82, 2.24) is 10.4 Å². The zero-order valence-electron chi connectivity index (χ0n) is 15.1. The number of benzene rings is 2. The molecular formula is C19H16N2O7. The number of amides is 3. The molecule has 0 spiro atoms. The van der Waals surface area contributed by atoms with E-state index in [1.54, 1.807) is 18.2 Å². The minimum Gasteiger partial charge on any atom is -0.493 e. The van der Waals surface area contributed by atoms with Crippen molar-refractivity contribution < 1.29 is 33.5 Å². The Bertz CT molecular complexity index is 936. The third kappa shape index (κ3) is 3.50. The van der Waals surface area contributed by atoms with Gasteiger partial charge in [0.15, 0.2) is 11.5 Å². The van der Waals surface area contributed by atoms with Crippen molar-refractivity contribution in [3.8, 4) is 11.5 Å². The van der Waals surface area contributed by atoms with Gasteiger partial charge in [0, 0.05) is 5.56 Å². The van der Waals surface area contributed by atoms with Gasteiger partial charge in [-0.3, -0.25) is 14.4 Å². The Balaban J connectivity index is 1.60. The van der Waals surface area contributed by atoms with Gasteiger partial charge in [0.05, 0.1) is 25.3 Å². The van der Waals surface area contributed by atoms with E-state index in [4.69, 9.17) is 14.3 Å². The standard InChI is InChI=1S/C19H16N2O7/c1-26-14-8-7-11(9-15(14)27-2)17(23)20-10-16(22)28-21-18(24)12-5-3-4-6-13(12)19(21)25/h3-9H,10H2,1-2H3,(H,20,23). The second kappa shape index (κ2) is 7.78. The minimum atomic E-state index is -0.969. The second-order valence-corrected chi connectivity index (χ2v) is 5.67. The molecule has 1 aliphatic rings. The van der Waals surface area contributed by atoms with Gasteiger partial charge in [0.25, 0.3) is 17.7 Å². The van der Waals surface area contributed by atoms with Crippen LogP contribution in [0, 0.1) is 0 Å². The predicted octanol–water partition coefficient (Wildman–Crippen LogP) is 1.19. The molecule has 1 heterocycles. The molecule has 2 aromatic rings. The first-order valence-corrected chi connectivity index (χ1v) is 8.15. The summed E-state index contributed by atoms with van der Waals surface area (Å²) in [5, 5.41) is 2.74. The molecule has 0 saturated carbocycles. The molecule has 0 radical (unpaired) electrons. The smallest absolute Gasteiger partial charge is 0.352 e. The fourth-order valence-electron chi connectivity index (χ4n) is 2.62. The van der Waals surface area contributed by atoms with E-state index in [1.807, 2.05) is 0 Å². The van der Waals surface area contributed by atoms with Crippen LogP contribution in [0.15, 0.2) is 42.5 Å². The Morgan fingerprint density at radius 2 is 1.54 bits per heavy atom. The number of rotatable bonds is 6. The van der Waals surface area contributed by atoms with Gasteiger partial charge in [-0.25, -0.2) is 4.79 Å². The lowest BCUT2D eigenvalue weighted by atomic mass is 10.1. The van der Waals surface area contributed by atoms with E-state index in [9.17, 15) is 19.2 Å². The molecule has 0 aliphatic carbocycles. The Morgan fingerprint density at radius 1 is 0.929 bits per heavy atom. The predicted molar refractivity (Wildman–Crippen MR) is 94.9 cm³/mol. The number of hydrogen-bond acceptors (Lipinski definition) is 7. The summed E-state index contributed by atoms with van der Waals surface area (Å²) >= 11 is 0. The molecule has 0 aromatic heterocycles. The van der Waals surface area contributed by atoms with Crippen molar-refractivity contribution in [2.45, 2.75) is 0 Å². The van der Waals surface area contributed by atoms with Crippen LogP contribution >= 0.6 is 0 Å². The summed E-state index contributed by atoms with van der Waals surface area (Å²) < 4.78 is 10.2. The first-order valence-electron chi connectivity index (χ1n) is 8.15. The summed E-state index contributed by atoms with van der Waals surface area (Å²) in [5.41, 5.74) is 0.524. The molecule has 0 unspecified atom stereocenters. The Kier molecular flexibility index (Phi) is 5.25. The number of fused-ring (bicyclic) bond motifs is 1. The highest BCUT2D eigenvalue weighted by atomic mass is 16.7. The van der Waals surface area contributed by atoms with Crippen molar-refractivity contribution in [3.63, 3.8) is 0 Å². The van der Waals surface area contributed by atoms with Crippen molar-refractivity contribution in [2.24, 2.45) is 0 Å². The summed E-state index contributed by atoms with van der Waals surface area (Å²) in [6, 6.07) is 10.6. The number of carbonyl (C=O) groups excluding carboxylic acids is 4. The molecule has 144 valence electrons. The van der Waals surface area contributed by atoms with Gasteiger partial charge in [0.1, 0.15) is 6.54 Å². The summed E-state index contributed by atoms with van der Waals surface area (Å²) in [6.07, 6.45) is 0. The molecule has 0 bridgehead atoms. The van der Waals surface area contributed by atoms with Gasteiger partial charge in [-0.2, -0.15) is 0 Å². The molecule has 9 nitrogen and oxygen atoms in total. The van der Waals surface area contributed by atoms with Crippen molar-refractivity contribution in [1.29, 1.82) is 0 Å². The molecule has 0 saturated heterocycles. The normalized spacial score (nSPS) is 12.4. The van der Waals surface area contributed by atoms with Crippen LogP contribution in [-0.2, 0) is 9.63 Å². The van der Waals surface area contributed by atoms with E-state index in [2.05, 4.69) is 5.32 Å². The van der Waals surface area contributed by atoms with Gasteiger partial charge < -0.3 is 19.6 Å². The van der Waals surface area contributed by atoms with Gasteiger partial charge in [-0.15, -0.1) is 0 Å². The zero-order valence-corrected chi connectivity index (χ0v) is 15.1. The molecule has 0 atom stereocenters. The molecule has 1 N–H and O–H groups in total. The number of methoxy groups -OCH3 is 2. The van der Waals surface area contributed by atoms with Crippen LogP contribution in [0.4, 0.5) is 0 Å². The maximum absolute atomic E-state index is 12.2. The lowest BCUT2D eigenvalue weighted by Gasteiger charge is -2.13. The molecule has 9 heteroatoms. The van der Waals surface area contributed by atoms with E-state index in [0.29, 0.717) is 16.6 Å². The number of nitrogens with one attached hydrogen (secondary N) is 1. The summed E-state index contributed by atoms with van der Waals surface area (Å²) in [6.45, 7) is -0.541. The van der Waals surface area contributed by atoms with Gasteiger partial charge in [-0.05, 0) is 30.3 Å². The van der Waals surface area contributed by atoms with Crippen molar-refractivity contribution in [2.75, 3.05) is 20.8 Å². The molecular weight excluding hydrogens is 368 g/mol. The molecule has 1 aliphatic heterocycles. The average molecular weight is 384 g/mol. The van der Waals surface area contributed by atoms with Crippen LogP contribution < -0.4 is 14.8 Å². The quantitative estimate of drug-likeness (QED) is 0.745. The van der Waals surface area contributed by atoms with Crippen LogP contribution in [0.1, 0.15) is 31.1 Å². The van der Waals surface area contributed by atoms with E-state index in [-0.39, 0.29) is 16.7 Å². The number of nitrogens with zero attached hydrogens (tertiary/aromatic N) is 1. The largest absolute Gasteiger partial charge is 0.493 e. The second-order valence-electron chi connectivity index (χ2n) is 5.67. The topological polar surface area (TPSA) is 111 Å². The zero-order chi connectivity index (χ0) is 20.3. The molecule has 2 aromatic carbocycles. The Hall–Kier alpha value is -3.88. The van der Waals surface area contributed by atoms with Crippen LogP contribution in [0.5, 0.6) is 11.5 Å². The Labute approximate surface area is 159 Å². The van der Waals surface area contributed by atoms with E-state index in [1.165, 1.54) is 38.5 Å². The summed E-state index contributed by atoms with van der Waals surface area (Å²) in [4.78, 5) is 53.3. The SMILES string of the molecule is COc1ccc(C(=O)NCC(=O)ON2C(=O)c3ccccc3C2=O)cc1OC. The highest BCUT2D eigenvalue weighted by molar-refractivity contribution is 6.20. The van der Waals surface area contributed by atoms with Gasteiger partial charge >= 0.3 is 5.97 Å². The lowest BCUT2D eigenvalue weighted by molar-refractivity contribution is -0.167. The number of hydrogen-bond donors (Lipinski definition) is 1. The third-order valence-electron chi connectivity index (χ3n) is 3.99. The van der Waals surface area contributed by atoms with Gasteiger partial charge in [-0.1, -0.05) is 17.2 Å².